The van der Waals surface area contributed by atoms with Crippen LogP contribution in [-0.2, 0) is 11.7 Å². The molecule has 1 saturated heterocycles. The van der Waals surface area contributed by atoms with Crippen LogP contribution in [0.3, 0.4) is 0 Å². The smallest absolute Gasteiger partial charge is 0.331 e. The van der Waals surface area contributed by atoms with Crippen LogP contribution < -0.4 is 5.32 Å². The maximum atomic E-state index is 14.9. The number of nitrogens with zero attached hydrogens (tertiary/aromatic N) is 5. The molecule has 3 aromatic rings. The van der Waals surface area contributed by atoms with Crippen molar-refractivity contribution in [2.45, 2.75) is 43.3 Å². The fourth-order valence-corrected chi connectivity index (χ4v) is 6.95. The highest BCUT2D eigenvalue weighted by molar-refractivity contribution is 7.16. The monoisotopic (exact) mass is 532 g/mol. The highest BCUT2D eigenvalue weighted by Crippen LogP contribution is 2.62. The van der Waals surface area contributed by atoms with Crippen molar-refractivity contribution in [2.75, 3.05) is 32.5 Å². The van der Waals surface area contributed by atoms with Gasteiger partial charge in [-0.1, -0.05) is 6.07 Å². The number of halogens is 4. The summed E-state index contributed by atoms with van der Waals surface area (Å²) in [5.74, 6) is -0.948. The highest BCUT2D eigenvalue weighted by Gasteiger charge is 2.61. The third-order valence-electron chi connectivity index (χ3n) is 7.67. The molecule has 194 valence electrons. The van der Waals surface area contributed by atoms with Crippen molar-refractivity contribution >= 4 is 29.0 Å². The number of carbonyl (C=O) groups excluding carboxylic acids is 1. The van der Waals surface area contributed by atoms with Crippen molar-refractivity contribution in [3.63, 3.8) is 0 Å². The number of pyridine rings is 1. The van der Waals surface area contributed by atoms with Crippen molar-refractivity contribution in [1.82, 2.24) is 24.8 Å². The van der Waals surface area contributed by atoms with E-state index in [1.54, 1.807) is 12.3 Å². The normalized spacial score (nSPS) is 19.5. The largest absolute Gasteiger partial charge is 0.418 e. The topological polar surface area (TPSA) is 74.2 Å². The molecule has 0 unspecified atom stereocenters. The van der Waals surface area contributed by atoms with E-state index >= 15 is 0 Å². The van der Waals surface area contributed by atoms with E-state index in [2.05, 4.69) is 32.2 Å². The minimum atomic E-state index is -4.85. The Morgan fingerprint density at radius 2 is 1.84 bits per heavy atom. The Morgan fingerprint density at radius 1 is 1.11 bits per heavy atom. The van der Waals surface area contributed by atoms with Gasteiger partial charge in [-0.25, -0.2) is 19.3 Å². The Kier molecular flexibility index (Phi) is 5.53. The van der Waals surface area contributed by atoms with Gasteiger partial charge in [-0.05, 0) is 63.4 Å². The fraction of sp³-hybridized carbons (Fsp3) is 0.440. The molecular formula is C25H24F4N6OS. The van der Waals surface area contributed by atoms with Gasteiger partial charge in [0.2, 0.25) is 5.95 Å². The number of likely N-dealkylation sites (tertiary alicyclic amines) is 1. The molecule has 1 N–H and O–H groups in total. The molecule has 0 aromatic carbocycles. The van der Waals surface area contributed by atoms with Gasteiger partial charge in [0, 0.05) is 18.1 Å². The summed E-state index contributed by atoms with van der Waals surface area (Å²) in [5.41, 5.74) is -1.60. The first kappa shape index (κ1) is 24.2. The van der Waals surface area contributed by atoms with Gasteiger partial charge >= 0.3 is 6.18 Å². The SMILES string of the molecule is CN1CCC(c2ccc(Nc3ncc(F)c(-c4sc5c(c4C(F)(F)F)C(=O)N(C)C54CC4)n3)nc2)CC1. The summed E-state index contributed by atoms with van der Waals surface area (Å²) < 4.78 is 57.6. The van der Waals surface area contributed by atoms with E-state index in [4.69, 9.17) is 0 Å². The number of hydrogen-bond donors (Lipinski definition) is 1. The average Bonchev–Trinajstić information content (AvgIpc) is 3.53. The number of nitrogens with one attached hydrogen (secondary N) is 1. The molecule has 1 spiro atoms. The molecular weight excluding hydrogens is 508 g/mol. The summed E-state index contributed by atoms with van der Waals surface area (Å²) in [5, 5.41) is 2.87. The van der Waals surface area contributed by atoms with Gasteiger partial charge in [0.15, 0.2) is 5.82 Å². The zero-order valence-corrected chi connectivity index (χ0v) is 21.0. The molecule has 3 aliphatic rings. The Bertz CT molecular complexity index is 1380. The van der Waals surface area contributed by atoms with E-state index in [-0.39, 0.29) is 11.5 Å². The lowest BCUT2D eigenvalue weighted by atomic mass is 9.91. The van der Waals surface area contributed by atoms with Gasteiger partial charge in [0.05, 0.1) is 27.7 Å². The fourth-order valence-electron chi connectivity index (χ4n) is 5.36. The number of piperidine rings is 1. The van der Waals surface area contributed by atoms with E-state index in [1.807, 2.05) is 6.07 Å². The number of rotatable bonds is 4. The predicted molar refractivity (Wildman–Crippen MR) is 130 cm³/mol. The third kappa shape index (κ3) is 3.97. The van der Waals surface area contributed by atoms with E-state index in [0.29, 0.717) is 29.5 Å². The first-order valence-corrected chi connectivity index (χ1v) is 12.9. The van der Waals surface area contributed by atoms with E-state index < -0.39 is 39.6 Å². The Morgan fingerprint density at radius 3 is 2.46 bits per heavy atom. The summed E-state index contributed by atoms with van der Waals surface area (Å²) in [6.07, 6.45) is 1.000. The standard InChI is InChI=1S/C25H24F4N6OS/c1-34-9-5-13(6-10-34)14-3-4-16(30-11-14)32-23-31-12-15(26)19(33-23)20-18(25(27,28)29)17-21(37-20)24(7-8-24)35(2)22(17)36/h3-4,11-13H,5-10H2,1-2H3,(H,30,31,32,33). The van der Waals surface area contributed by atoms with Gasteiger partial charge in [-0.15, -0.1) is 11.3 Å². The summed E-state index contributed by atoms with van der Waals surface area (Å²) in [6, 6.07) is 3.71. The van der Waals surface area contributed by atoms with Gasteiger partial charge in [-0.2, -0.15) is 13.2 Å². The molecule has 37 heavy (non-hydrogen) atoms. The van der Waals surface area contributed by atoms with Crippen molar-refractivity contribution in [3.05, 3.63) is 51.9 Å². The maximum Gasteiger partial charge on any atom is 0.418 e. The number of fused-ring (bicyclic) bond motifs is 2. The van der Waals surface area contributed by atoms with E-state index in [0.717, 1.165) is 49.0 Å². The number of aromatic nitrogens is 3. The molecule has 1 saturated carbocycles. The number of anilines is 2. The molecule has 2 aliphatic heterocycles. The molecule has 5 heterocycles. The van der Waals surface area contributed by atoms with E-state index in [1.165, 1.54) is 11.9 Å². The second-order valence-corrected chi connectivity index (χ2v) is 11.0. The van der Waals surface area contributed by atoms with Crippen LogP contribution in [0.15, 0.2) is 24.5 Å². The molecule has 2 fully saturated rings. The van der Waals surface area contributed by atoms with Crippen LogP contribution >= 0.6 is 11.3 Å². The van der Waals surface area contributed by atoms with Crippen LogP contribution in [0, 0.1) is 5.82 Å². The van der Waals surface area contributed by atoms with Gasteiger partial charge < -0.3 is 15.1 Å². The lowest BCUT2D eigenvalue weighted by molar-refractivity contribution is -0.137. The molecule has 0 atom stereocenters. The van der Waals surface area contributed by atoms with Crippen molar-refractivity contribution in [2.24, 2.45) is 0 Å². The molecule has 7 nitrogen and oxygen atoms in total. The van der Waals surface area contributed by atoms with Gasteiger partial charge in [0.25, 0.3) is 5.91 Å². The molecule has 0 bridgehead atoms. The zero-order chi connectivity index (χ0) is 26.1. The maximum absolute atomic E-state index is 14.9. The first-order chi connectivity index (χ1) is 17.6. The summed E-state index contributed by atoms with van der Waals surface area (Å²) >= 11 is 0.793. The van der Waals surface area contributed by atoms with Crippen molar-refractivity contribution < 1.29 is 22.4 Å². The summed E-state index contributed by atoms with van der Waals surface area (Å²) in [4.78, 5) is 28.8. The Hall–Kier alpha value is -3.12. The summed E-state index contributed by atoms with van der Waals surface area (Å²) in [7, 11) is 3.61. The third-order valence-corrected chi connectivity index (χ3v) is 9.06. The molecule has 1 amide bonds. The van der Waals surface area contributed by atoms with Gasteiger partial charge in [0.1, 0.15) is 11.5 Å². The molecule has 6 rings (SSSR count). The predicted octanol–water partition coefficient (Wildman–Crippen LogP) is 5.39. The first-order valence-electron chi connectivity index (χ1n) is 12.1. The molecule has 0 radical (unpaired) electrons. The number of thiophene rings is 1. The van der Waals surface area contributed by atoms with Gasteiger partial charge in [-0.3, -0.25) is 4.79 Å². The quantitative estimate of drug-likeness (QED) is 0.455. The lowest BCUT2D eigenvalue weighted by Gasteiger charge is -2.29. The lowest BCUT2D eigenvalue weighted by Crippen LogP contribution is -2.29. The van der Waals surface area contributed by atoms with Crippen LogP contribution in [0.25, 0.3) is 10.6 Å². The summed E-state index contributed by atoms with van der Waals surface area (Å²) in [6.45, 7) is 2.04. The van der Waals surface area contributed by atoms with E-state index in [9.17, 15) is 22.4 Å². The van der Waals surface area contributed by atoms with Crippen LogP contribution in [0.5, 0.6) is 0 Å². The molecule has 1 aliphatic carbocycles. The van der Waals surface area contributed by atoms with Crippen molar-refractivity contribution in [3.8, 4) is 10.6 Å². The Balaban J connectivity index is 1.32. The van der Waals surface area contributed by atoms with Crippen molar-refractivity contribution in [1.29, 1.82) is 0 Å². The molecule has 12 heteroatoms. The highest BCUT2D eigenvalue weighted by atomic mass is 32.1. The second kappa shape index (κ2) is 8.45. The van der Waals surface area contributed by atoms with Crippen LogP contribution in [-0.4, -0.2) is 57.8 Å². The second-order valence-electron chi connectivity index (χ2n) is 9.97. The minimum absolute atomic E-state index is 0.0813. The number of alkyl halides is 3. The minimum Gasteiger partial charge on any atom is -0.331 e. The van der Waals surface area contributed by atoms with Crippen LogP contribution in [0.2, 0.25) is 0 Å². The zero-order valence-electron chi connectivity index (χ0n) is 20.2. The Labute approximate surface area is 214 Å². The number of carbonyl (C=O) groups is 1. The number of amides is 1. The van der Waals surface area contributed by atoms with Crippen LogP contribution in [0.4, 0.5) is 29.3 Å². The average molecular weight is 533 g/mol. The van der Waals surface area contributed by atoms with Crippen LogP contribution in [0.1, 0.15) is 58.0 Å². The molecule has 3 aromatic heterocycles. The number of hydrogen-bond acceptors (Lipinski definition) is 7.